The van der Waals surface area contributed by atoms with Gasteiger partial charge in [0.25, 0.3) is 0 Å². The molecule has 1 heterocycles. The van der Waals surface area contributed by atoms with E-state index in [2.05, 4.69) is 27.7 Å². The predicted molar refractivity (Wildman–Crippen MR) is 55.8 cm³/mol. The van der Waals surface area contributed by atoms with Crippen LogP contribution in [0, 0.1) is 13.8 Å². The van der Waals surface area contributed by atoms with Crippen molar-refractivity contribution < 1.29 is 4.79 Å². The molecule has 0 fully saturated rings. The Labute approximate surface area is 82.8 Å². The number of aryl methyl sites for hydroxylation is 2. The van der Waals surface area contributed by atoms with Crippen molar-refractivity contribution >= 4 is 17.1 Å². The van der Waals surface area contributed by atoms with E-state index in [1.54, 1.807) is 11.3 Å². The number of hydrogen-bond acceptors (Lipinski definition) is 2. The molecule has 0 unspecified atom stereocenters. The molecule has 1 aliphatic rings. The summed E-state index contributed by atoms with van der Waals surface area (Å²) in [5.41, 5.74) is 2.40. The number of ketones is 1. The summed E-state index contributed by atoms with van der Waals surface area (Å²) in [5.74, 6) is 0.335. The van der Waals surface area contributed by atoms with Crippen LogP contribution >= 0.6 is 11.3 Å². The summed E-state index contributed by atoms with van der Waals surface area (Å²) >= 11 is 1.76. The van der Waals surface area contributed by atoms with Gasteiger partial charge in [0.2, 0.25) is 0 Å². The van der Waals surface area contributed by atoms with Crippen molar-refractivity contribution in [3.63, 3.8) is 0 Å². The molecular weight excluding hydrogens is 180 g/mol. The molecule has 2 rings (SSSR count). The molecule has 0 N–H and O–H groups in total. The summed E-state index contributed by atoms with van der Waals surface area (Å²) in [6.45, 7) is 8.50. The Hall–Kier alpha value is -0.630. The summed E-state index contributed by atoms with van der Waals surface area (Å²) < 4.78 is 0. The first-order valence-electron chi connectivity index (χ1n) is 4.57. The topological polar surface area (TPSA) is 17.1 Å². The van der Waals surface area contributed by atoms with Crippen LogP contribution in [0.3, 0.4) is 0 Å². The van der Waals surface area contributed by atoms with Crippen LogP contribution in [0.15, 0.2) is 0 Å². The van der Waals surface area contributed by atoms with Crippen LogP contribution < -0.4 is 0 Å². The maximum atomic E-state index is 11.7. The standard InChI is InChI=1S/C11H14OS/c1-6-9-8(12)5-11(3,4)10(9)7(2)13-6/h5H2,1-4H3. The van der Waals surface area contributed by atoms with Gasteiger partial charge in [0, 0.05) is 21.7 Å². The molecule has 0 spiro atoms. The average molecular weight is 194 g/mol. The predicted octanol–water partition coefficient (Wildman–Crippen LogP) is 3.23. The van der Waals surface area contributed by atoms with Crippen LogP contribution in [0.2, 0.25) is 0 Å². The van der Waals surface area contributed by atoms with Crippen LogP contribution in [-0.2, 0) is 5.41 Å². The highest BCUT2D eigenvalue weighted by molar-refractivity contribution is 7.12. The summed E-state index contributed by atoms with van der Waals surface area (Å²) in [4.78, 5) is 14.2. The van der Waals surface area contributed by atoms with Crippen molar-refractivity contribution in [1.82, 2.24) is 0 Å². The molecule has 0 amide bonds. The first kappa shape index (κ1) is 8.95. The highest BCUT2D eigenvalue weighted by Crippen LogP contribution is 2.45. The fraction of sp³-hybridized carbons (Fsp3) is 0.545. The molecule has 70 valence electrons. The monoisotopic (exact) mass is 194 g/mol. The van der Waals surface area contributed by atoms with Crippen molar-refractivity contribution in [3.05, 3.63) is 20.9 Å². The molecule has 0 radical (unpaired) electrons. The second-order valence-corrected chi connectivity index (χ2v) is 5.88. The van der Waals surface area contributed by atoms with E-state index in [-0.39, 0.29) is 5.41 Å². The van der Waals surface area contributed by atoms with E-state index in [1.165, 1.54) is 15.3 Å². The molecule has 1 aliphatic carbocycles. The third-order valence-corrected chi connectivity index (χ3v) is 3.84. The SMILES string of the molecule is Cc1sc(C)c2c1C(=O)CC2(C)C. The van der Waals surface area contributed by atoms with E-state index < -0.39 is 0 Å². The summed E-state index contributed by atoms with van der Waals surface area (Å²) in [7, 11) is 0. The molecule has 1 aromatic heterocycles. The van der Waals surface area contributed by atoms with Gasteiger partial charge in [-0.05, 0) is 24.8 Å². The molecular formula is C11H14OS. The van der Waals surface area contributed by atoms with E-state index >= 15 is 0 Å². The molecule has 0 saturated carbocycles. The Morgan fingerprint density at radius 3 is 2.38 bits per heavy atom. The number of Topliss-reactive ketones (excluding diaryl/α,β-unsaturated/α-hetero) is 1. The summed E-state index contributed by atoms with van der Waals surface area (Å²) in [6, 6.07) is 0. The first-order chi connectivity index (χ1) is 5.93. The van der Waals surface area contributed by atoms with Gasteiger partial charge in [-0.15, -0.1) is 11.3 Å². The lowest BCUT2D eigenvalue weighted by molar-refractivity contribution is 0.0979. The van der Waals surface area contributed by atoms with Crippen molar-refractivity contribution in [2.45, 2.75) is 39.5 Å². The van der Waals surface area contributed by atoms with E-state index in [0.29, 0.717) is 12.2 Å². The fourth-order valence-electron chi connectivity index (χ4n) is 2.41. The molecule has 0 aliphatic heterocycles. The Morgan fingerprint density at radius 1 is 1.23 bits per heavy atom. The average Bonchev–Trinajstić information content (AvgIpc) is 2.35. The van der Waals surface area contributed by atoms with Crippen molar-refractivity contribution in [1.29, 1.82) is 0 Å². The molecule has 2 heteroatoms. The lowest BCUT2D eigenvalue weighted by Crippen LogP contribution is -2.13. The quantitative estimate of drug-likeness (QED) is 0.619. The van der Waals surface area contributed by atoms with Crippen molar-refractivity contribution in [3.8, 4) is 0 Å². The minimum absolute atomic E-state index is 0.0707. The highest BCUT2D eigenvalue weighted by Gasteiger charge is 2.39. The van der Waals surface area contributed by atoms with Crippen LogP contribution in [0.1, 0.15) is 45.9 Å². The summed E-state index contributed by atoms with van der Waals surface area (Å²) in [6.07, 6.45) is 0.687. The molecule has 0 atom stereocenters. The number of hydrogen-bond donors (Lipinski definition) is 0. The third-order valence-electron chi connectivity index (χ3n) is 2.82. The maximum Gasteiger partial charge on any atom is 0.165 e. The lowest BCUT2D eigenvalue weighted by atomic mass is 9.87. The number of carbonyl (C=O) groups excluding carboxylic acids is 1. The van der Waals surface area contributed by atoms with Crippen molar-refractivity contribution in [2.75, 3.05) is 0 Å². The Kier molecular flexibility index (Phi) is 1.68. The molecule has 0 bridgehead atoms. The lowest BCUT2D eigenvalue weighted by Gasteiger charge is -2.17. The molecule has 1 aromatic rings. The second-order valence-electron chi connectivity index (χ2n) is 4.45. The number of rotatable bonds is 0. The normalized spacial score (nSPS) is 19.2. The first-order valence-corrected chi connectivity index (χ1v) is 5.39. The van der Waals surface area contributed by atoms with Gasteiger partial charge in [-0.1, -0.05) is 13.8 Å². The molecule has 1 nitrogen and oxygen atoms in total. The zero-order chi connectivity index (χ0) is 9.80. The third kappa shape index (κ3) is 1.08. The molecule has 13 heavy (non-hydrogen) atoms. The van der Waals surface area contributed by atoms with Crippen LogP contribution in [0.5, 0.6) is 0 Å². The second kappa shape index (κ2) is 2.44. The van der Waals surface area contributed by atoms with E-state index in [1.807, 2.05) is 0 Å². The molecule has 0 saturated heterocycles. The van der Waals surface area contributed by atoms with Gasteiger partial charge < -0.3 is 0 Å². The van der Waals surface area contributed by atoms with Gasteiger partial charge in [-0.2, -0.15) is 0 Å². The summed E-state index contributed by atoms with van der Waals surface area (Å²) in [5, 5.41) is 0. The number of thiophene rings is 1. The van der Waals surface area contributed by atoms with Gasteiger partial charge in [-0.3, -0.25) is 4.79 Å². The number of fused-ring (bicyclic) bond motifs is 1. The van der Waals surface area contributed by atoms with Crippen molar-refractivity contribution in [2.24, 2.45) is 0 Å². The van der Waals surface area contributed by atoms with Gasteiger partial charge in [0.05, 0.1) is 0 Å². The van der Waals surface area contributed by atoms with Crippen LogP contribution in [-0.4, -0.2) is 5.78 Å². The fourth-order valence-corrected chi connectivity index (χ4v) is 3.67. The van der Waals surface area contributed by atoms with Gasteiger partial charge in [-0.25, -0.2) is 0 Å². The van der Waals surface area contributed by atoms with Crippen LogP contribution in [0.25, 0.3) is 0 Å². The van der Waals surface area contributed by atoms with Crippen LogP contribution in [0.4, 0.5) is 0 Å². The van der Waals surface area contributed by atoms with Gasteiger partial charge in [0.1, 0.15) is 0 Å². The Balaban J connectivity index is 2.75. The smallest absolute Gasteiger partial charge is 0.165 e. The van der Waals surface area contributed by atoms with E-state index in [4.69, 9.17) is 0 Å². The molecule has 0 aromatic carbocycles. The van der Waals surface area contributed by atoms with E-state index in [0.717, 1.165) is 5.56 Å². The zero-order valence-electron chi connectivity index (χ0n) is 8.52. The maximum absolute atomic E-state index is 11.7. The zero-order valence-corrected chi connectivity index (χ0v) is 9.34. The minimum Gasteiger partial charge on any atom is -0.294 e. The van der Waals surface area contributed by atoms with Gasteiger partial charge in [0.15, 0.2) is 5.78 Å². The Morgan fingerprint density at radius 2 is 1.85 bits per heavy atom. The van der Waals surface area contributed by atoms with E-state index in [9.17, 15) is 4.79 Å². The largest absolute Gasteiger partial charge is 0.294 e. The number of carbonyl (C=O) groups is 1. The minimum atomic E-state index is 0.0707. The Bertz CT molecular complexity index is 385. The highest BCUT2D eigenvalue weighted by atomic mass is 32.1. The van der Waals surface area contributed by atoms with Gasteiger partial charge >= 0.3 is 0 Å².